The maximum absolute atomic E-state index is 15.3. The third-order valence-corrected chi connectivity index (χ3v) is 5.51. The highest BCUT2D eigenvalue weighted by Crippen LogP contribution is 2.36. The first-order valence-corrected chi connectivity index (χ1v) is 11.4. The Kier molecular flexibility index (Phi) is 7.47. The van der Waals surface area contributed by atoms with Crippen molar-refractivity contribution < 1.29 is 18.8 Å². The second kappa shape index (κ2) is 10.7. The molecule has 0 radical (unpaired) electrons. The van der Waals surface area contributed by atoms with Crippen LogP contribution in [0.25, 0.3) is 27.4 Å². The Morgan fingerprint density at radius 3 is 2.69 bits per heavy atom. The van der Waals surface area contributed by atoms with Crippen molar-refractivity contribution in [3.05, 3.63) is 66.3 Å². The molecule has 0 fully saturated rings. The predicted molar refractivity (Wildman–Crippen MR) is 138 cm³/mol. The van der Waals surface area contributed by atoms with E-state index in [9.17, 15) is 4.39 Å². The van der Waals surface area contributed by atoms with Gasteiger partial charge in [0.25, 0.3) is 0 Å². The molecule has 0 aliphatic carbocycles. The van der Waals surface area contributed by atoms with E-state index in [1.54, 1.807) is 6.07 Å². The normalized spacial score (nSPS) is 12.8. The number of hydrogen-bond donors (Lipinski definition) is 3. The Bertz CT molecular complexity index is 1460. The molecule has 36 heavy (non-hydrogen) atoms. The van der Waals surface area contributed by atoms with Crippen LogP contribution in [0.3, 0.4) is 0 Å². The van der Waals surface area contributed by atoms with Crippen LogP contribution in [0.1, 0.15) is 12.5 Å². The van der Waals surface area contributed by atoms with E-state index in [0.29, 0.717) is 40.1 Å². The largest absolute Gasteiger partial charge is 0.489 e. The summed E-state index contributed by atoms with van der Waals surface area (Å²) in [5.41, 5.74) is 2.47. The van der Waals surface area contributed by atoms with Crippen molar-refractivity contribution in [3.63, 3.8) is 0 Å². The molecule has 1 atom stereocenters. The average Bonchev–Trinajstić information content (AvgIpc) is 2.84. The highest BCUT2D eigenvalue weighted by atomic mass is 19.1. The molecule has 0 saturated heterocycles. The van der Waals surface area contributed by atoms with Crippen LogP contribution in [0, 0.1) is 17.0 Å². The first-order chi connectivity index (χ1) is 17.3. The zero-order valence-corrected chi connectivity index (χ0v) is 20.5. The van der Waals surface area contributed by atoms with Crippen LogP contribution >= 0.6 is 0 Å². The Labute approximate surface area is 207 Å². The van der Waals surface area contributed by atoms with E-state index in [1.807, 2.05) is 56.6 Å². The molecule has 2 aromatic heterocycles. The molecule has 0 amide bonds. The quantitative estimate of drug-likeness (QED) is 0.308. The standard InChI is InChI=1S/C26H27F2N7O/c1-15(13-35(3)4)36-23-8-16(17(10-29)11-30-2)7-22-24(23)26(33-14-32-22)34-21-6-5-20-19(25(21)28)9-18(27)12-31-20/h5-12,14-15,29-30H,13H2,1-4H3,(H,32,33,34)/p+1/b17-11+,29-10?/t15-/m1/s1. The van der Waals surface area contributed by atoms with Crippen molar-refractivity contribution >= 4 is 45.1 Å². The maximum Gasteiger partial charge on any atom is 0.156 e. The molecule has 4 aromatic rings. The molecule has 4 N–H and O–H groups in total. The molecule has 0 spiro atoms. The third kappa shape index (κ3) is 5.29. The summed E-state index contributed by atoms with van der Waals surface area (Å²) in [6.07, 6.45) is 5.35. The second-order valence-corrected chi connectivity index (χ2v) is 8.65. The van der Waals surface area contributed by atoms with Gasteiger partial charge in [0.1, 0.15) is 36.0 Å². The molecule has 2 heterocycles. The van der Waals surface area contributed by atoms with Crippen LogP contribution in [-0.2, 0) is 0 Å². The summed E-state index contributed by atoms with van der Waals surface area (Å²) in [7, 11) is 5.79. The molecule has 0 aliphatic rings. The lowest BCUT2D eigenvalue weighted by atomic mass is 10.0. The number of fused-ring (bicyclic) bond motifs is 2. The van der Waals surface area contributed by atoms with E-state index in [0.717, 1.165) is 17.8 Å². The number of benzene rings is 2. The molecule has 186 valence electrons. The summed E-state index contributed by atoms with van der Waals surface area (Å²) in [6.45, 7) is 2.61. The lowest BCUT2D eigenvalue weighted by Crippen LogP contribution is -2.72. The number of pyridine rings is 1. The van der Waals surface area contributed by atoms with Crippen LogP contribution < -0.4 is 15.4 Å². The lowest BCUT2D eigenvalue weighted by Gasteiger charge is -2.21. The summed E-state index contributed by atoms with van der Waals surface area (Å²) < 4.78 is 35.3. The highest BCUT2D eigenvalue weighted by Gasteiger charge is 2.18. The van der Waals surface area contributed by atoms with Gasteiger partial charge in [0.2, 0.25) is 0 Å². The lowest BCUT2D eigenvalue weighted by molar-refractivity contribution is -0.555. The fourth-order valence-electron chi connectivity index (χ4n) is 4.05. The molecular formula is C26H28F2N7O+. The minimum Gasteiger partial charge on any atom is -0.489 e. The van der Waals surface area contributed by atoms with Crippen LogP contribution in [-0.4, -0.2) is 59.9 Å². The van der Waals surface area contributed by atoms with Crippen molar-refractivity contribution in [1.29, 1.82) is 5.41 Å². The van der Waals surface area contributed by atoms with Crippen molar-refractivity contribution in [2.24, 2.45) is 0 Å². The average molecular weight is 493 g/mol. The number of aromatic nitrogens is 3. The van der Waals surface area contributed by atoms with Crippen molar-refractivity contribution in [2.45, 2.75) is 13.0 Å². The molecule has 0 aliphatic heterocycles. The van der Waals surface area contributed by atoms with E-state index < -0.39 is 11.6 Å². The third-order valence-electron chi connectivity index (χ3n) is 5.51. The van der Waals surface area contributed by atoms with Crippen LogP contribution in [0.15, 0.2) is 49.1 Å². The smallest absolute Gasteiger partial charge is 0.156 e. The number of nitrogens with zero attached hydrogens (tertiary/aromatic N) is 4. The topological polar surface area (TPSA) is 104 Å². The van der Waals surface area contributed by atoms with Gasteiger partial charge in [-0.05, 0) is 56.9 Å². The van der Waals surface area contributed by atoms with Gasteiger partial charge in [-0.1, -0.05) is 0 Å². The highest BCUT2D eigenvalue weighted by molar-refractivity contribution is 6.10. The molecule has 4 rings (SSSR count). The van der Waals surface area contributed by atoms with Gasteiger partial charge < -0.3 is 25.7 Å². The van der Waals surface area contributed by atoms with Gasteiger partial charge in [-0.25, -0.2) is 18.7 Å². The number of nitrogens with two attached hydrogens (primary N) is 1. The molecule has 0 saturated carbocycles. The minimum absolute atomic E-state index is 0.0632. The summed E-state index contributed by atoms with van der Waals surface area (Å²) in [4.78, 5) is 14.7. The zero-order chi connectivity index (χ0) is 25.8. The SMILES string of the molecule is C[NH2+]/C=C(\C=N)c1cc(O[C@H](C)CN(C)C)c2c(Nc3ccc4ncc(F)cc4c3F)ncnc2c1. The summed E-state index contributed by atoms with van der Waals surface area (Å²) in [5, 5.41) is 13.3. The van der Waals surface area contributed by atoms with Gasteiger partial charge in [0.05, 0.1) is 40.9 Å². The van der Waals surface area contributed by atoms with E-state index in [1.165, 1.54) is 18.6 Å². The molecular weight excluding hydrogens is 464 g/mol. The van der Waals surface area contributed by atoms with Gasteiger partial charge in [-0.3, -0.25) is 4.98 Å². The number of halogens is 2. The van der Waals surface area contributed by atoms with Gasteiger partial charge >= 0.3 is 0 Å². The predicted octanol–water partition coefficient (Wildman–Crippen LogP) is 3.71. The van der Waals surface area contributed by atoms with Crippen LogP contribution in [0.2, 0.25) is 0 Å². The summed E-state index contributed by atoms with van der Waals surface area (Å²) in [6, 6.07) is 7.93. The van der Waals surface area contributed by atoms with E-state index in [-0.39, 0.29) is 17.2 Å². The summed E-state index contributed by atoms with van der Waals surface area (Å²) >= 11 is 0. The van der Waals surface area contributed by atoms with Gasteiger partial charge in [0.15, 0.2) is 5.82 Å². The number of likely N-dealkylation sites (N-methyl/N-ethyl adjacent to an activating group) is 1. The number of quaternary nitrogens is 1. The number of allylic oxidation sites excluding steroid dienone is 1. The van der Waals surface area contributed by atoms with Crippen molar-refractivity contribution in [2.75, 3.05) is 33.0 Å². The number of ether oxygens (including phenoxy) is 1. The molecule has 0 bridgehead atoms. The number of anilines is 2. The zero-order valence-electron chi connectivity index (χ0n) is 20.5. The maximum atomic E-state index is 15.3. The van der Waals surface area contributed by atoms with Crippen molar-refractivity contribution in [3.8, 4) is 5.75 Å². The number of hydrogen-bond acceptors (Lipinski definition) is 7. The monoisotopic (exact) mass is 492 g/mol. The van der Waals surface area contributed by atoms with Gasteiger partial charge in [0, 0.05) is 18.1 Å². The Morgan fingerprint density at radius 2 is 1.97 bits per heavy atom. The van der Waals surface area contributed by atoms with Crippen LogP contribution in [0.5, 0.6) is 5.75 Å². The first kappa shape index (κ1) is 25.1. The minimum atomic E-state index is -0.640. The molecule has 10 heteroatoms. The van der Waals surface area contributed by atoms with E-state index in [4.69, 9.17) is 10.1 Å². The number of nitrogens with one attached hydrogen (secondary N) is 2. The Balaban J connectivity index is 1.86. The second-order valence-electron chi connectivity index (χ2n) is 8.65. The summed E-state index contributed by atoms with van der Waals surface area (Å²) in [5.74, 6) is -0.427. The van der Waals surface area contributed by atoms with Crippen LogP contribution in [0.4, 0.5) is 20.3 Å². The molecule has 2 aromatic carbocycles. The van der Waals surface area contributed by atoms with Gasteiger partial charge in [-0.2, -0.15) is 0 Å². The Morgan fingerprint density at radius 1 is 1.17 bits per heavy atom. The first-order valence-electron chi connectivity index (χ1n) is 11.4. The fraction of sp³-hybridized carbons (Fsp3) is 0.231. The van der Waals surface area contributed by atoms with Gasteiger partial charge in [-0.15, -0.1) is 0 Å². The fourth-order valence-corrected chi connectivity index (χ4v) is 4.05. The number of rotatable bonds is 9. The van der Waals surface area contributed by atoms with Crippen molar-refractivity contribution in [1.82, 2.24) is 19.9 Å². The molecule has 0 unspecified atom stereocenters. The van der Waals surface area contributed by atoms with E-state index >= 15 is 4.39 Å². The van der Waals surface area contributed by atoms with E-state index in [2.05, 4.69) is 20.3 Å². The Hall–Kier alpha value is -4.02. The molecule has 8 nitrogen and oxygen atoms in total.